The minimum atomic E-state index is 0. The average molecular weight is 275 g/mol. The molecule has 0 saturated heterocycles. The van der Waals surface area contributed by atoms with Crippen molar-refractivity contribution in [2.45, 2.75) is 26.2 Å². The largest absolute Gasteiger partial charge is 0.358 e. The first-order valence-electron chi connectivity index (χ1n) is 4.49. The number of hydrogen-bond donors (Lipinski definition) is 0. The van der Waals surface area contributed by atoms with Gasteiger partial charge in [-0.3, -0.25) is 0 Å². The first-order valence-corrected chi connectivity index (χ1v) is 4.49. The van der Waals surface area contributed by atoms with E-state index in [4.69, 9.17) is 4.42 Å². The van der Waals surface area contributed by atoms with Crippen molar-refractivity contribution in [2.75, 3.05) is 0 Å². The zero-order valence-electron chi connectivity index (χ0n) is 9.79. The third-order valence-corrected chi connectivity index (χ3v) is 2.03. The predicted octanol–water partition coefficient (Wildman–Crippen LogP) is 3.32. The molecule has 0 amide bonds. The van der Waals surface area contributed by atoms with Crippen LogP contribution in [0.15, 0.2) is 22.5 Å². The van der Waals surface area contributed by atoms with Gasteiger partial charge < -0.3 is 7.43 Å². The minimum Gasteiger partial charge on any atom is -0.358 e. The van der Waals surface area contributed by atoms with Crippen molar-refractivity contribution in [1.29, 1.82) is 0 Å². The van der Waals surface area contributed by atoms with E-state index in [1.54, 1.807) is 0 Å². The van der Waals surface area contributed by atoms with Crippen molar-refractivity contribution in [3.8, 4) is 0 Å². The molecule has 0 unspecified atom stereocenters. The molecule has 2 aromatic heterocycles. The molecule has 0 N–H and O–H groups in total. The minimum absolute atomic E-state index is 0. The van der Waals surface area contributed by atoms with E-state index in [1.807, 2.05) is 25.0 Å². The summed E-state index contributed by atoms with van der Waals surface area (Å²) in [6.45, 7) is 8.35. The van der Waals surface area contributed by atoms with Crippen LogP contribution in [0.3, 0.4) is 0 Å². The van der Waals surface area contributed by atoms with Crippen LogP contribution in [0.1, 0.15) is 26.5 Å². The van der Waals surface area contributed by atoms with Gasteiger partial charge in [0.15, 0.2) is 0 Å². The van der Waals surface area contributed by atoms with Gasteiger partial charge in [-0.1, -0.05) is 0 Å². The summed E-state index contributed by atoms with van der Waals surface area (Å²) in [6, 6.07) is 7.29. The van der Waals surface area contributed by atoms with Crippen molar-refractivity contribution in [3.05, 3.63) is 37.3 Å². The van der Waals surface area contributed by atoms with Gasteiger partial charge in [0.1, 0.15) is 0 Å². The predicted molar refractivity (Wildman–Crippen MR) is 61.5 cm³/mol. The third-order valence-electron chi connectivity index (χ3n) is 2.03. The molecule has 1 nitrogen and oxygen atoms in total. The molecule has 0 aliphatic rings. The Hall–Kier alpha value is 0.0588. The van der Waals surface area contributed by atoms with Crippen molar-refractivity contribution in [3.63, 3.8) is 0 Å². The van der Waals surface area contributed by atoms with Gasteiger partial charge >= 0.3 is 78.3 Å². The molecule has 3 heteroatoms. The van der Waals surface area contributed by atoms with Gasteiger partial charge in [-0.15, -0.1) is 0 Å². The molecule has 0 fully saturated rings. The van der Waals surface area contributed by atoms with E-state index in [0.717, 1.165) is 16.6 Å². The molecule has 0 aliphatic heterocycles. The summed E-state index contributed by atoms with van der Waals surface area (Å²) in [5.74, 6) is 2.90. The van der Waals surface area contributed by atoms with Gasteiger partial charge in [0.05, 0.1) is 0 Å². The molecule has 0 saturated carbocycles. The maximum Gasteiger partial charge on any atom is 0 e. The zero-order valence-corrected chi connectivity index (χ0v) is 12.6. The van der Waals surface area contributed by atoms with Crippen molar-refractivity contribution < 1.29 is 37.1 Å². The molecule has 2 aromatic rings. The second-order valence-electron chi connectivity index (χ2n) is 4.30. The summed E-state index contributed by atoms with van der Waals surface area (Å²) in [5, 5.41) is 1.06. The summed E-state index contributed by atoms with van der Waals surface area (Å²) in [5.41, 5.74) is 0.964. The van der Waals surface area contributed by atoms with Gasteiger partial charge in [0.25, 0.3) is 0 Å². The number of rotatable bonds is 0. The molecular weight excluding hydrogens is 260 g/mol. The van der Waals surface area contributed by atoms with Crippen LogP contribution in [0, 0.1) is 13.5 Å². The van der Waals surface area contributed by atoms with Crippen LogP contribution in [0.25, 0.3) is 10.9 Å². The van der Waals surface area contributed by atoms with Gasteiger partial charge in [0, 0.05) is 32.7 Å². The molecule has 2 rings (SSSR count). The molecule has 1 radical (unpaired) electrons. The maximum atomic E-state index is 5.68. The zero-order chi connectivity index (χ0) is 9.47. The Kier molecular flexibility index (Phi) is 5.43. The van der Waals surface area contributed by atoms with E-state index < -0.39 is 0 Å². The average Bonchev–Trinajstić information content (AvgIpc) is 2.45. The van der Waals surface area contributed by atoms with Gasteiger partial charge in [0.2, 0.25) is 0 Å². The molecule has 15 heavy (non-hydrogen) atoms. The summed E-state index contributed by atoms with van der Waals surface area (Å²) >= 11 is 0. The Bertz CT molecular complexity index is 395. The topological polar surface area (TPSA) is 13.1 Å². The Balaban J connectivity index is 0.000000980. The molecule has 0 spiro atoms. The molecule has 0 bridgehead atoms. The third kappa shape index (κ3) is 3.26. The smallest absolute Gasteiger partial charge is 0 e. The van der Waals surface area contributed by atoms with Crippen LogP contribution in [0.4, 0.5) is 0 Å². The second-order valence-corrected chi connectivity index (χ2v) is 4.30. The normalized spacial score (nSPS) is 10.3. The van der Waals surface area contributed by atoms with Gasteiger partial charge in [-0.2, -0.15) is 0 Å². The van der Waals surface area contributed by atoms with Crippen LogP contribution < -0.4 is 0 Å². The van der Waals surface area contributed by atoms with Crippen molar-refractivity contribution in [2.24, 2.45) is 0 Å². The second kappa shape index (κ2) is 5.41. The Morgan fingerprint density at radius 3 is 2.53 bits per heavy atom. The molecule has 77 valence electrons. The van der Waals surface area contributed by atoms with Crippen LogP contribution in [-0.4, -0.2) is 6.91 Å². The summed E-state index contributed by atoms with van der Waals surface area (Å²) in [7, 11) is 0. The molecule has 0 aliphatic carbocycles. The SMILES string of the molecule is CC(C)(C)c1[c-]c2cccbc2o1.[CH3-].[Y]. The first kappa shape index (κ1) is 15.1. The van der Waals surface area contributed by atoms with E-state index in [9.17, 15) is 0 Å². The molecule has 2 heterocycles. The fourth-order valence-electron chi connectivity index (χ4n) is 1.26. The van der Waals surface area contributed by atoms with Crippen LogP contribution in [0.5, 0.6) is 0 Å². The van der Waals surface area contributed by atoms with Gasteiger partial charge in [-0.05, 0) is 0 Å². The van der Waals surface area contributed by atoms with Crippen LogP contribution in [-0.2, 0) is 38.1 Å². The van der Waals surface area contributed by atoms with E-state index >= 15 is 0 Å². The van der Waals surface area contributed by atoms with E-state index in [2.05, 4.69) is 26.8 Å². The summed E-state index contributed by atoms with van der Waals surface area (Å²) in [4.78, 5) is 0. The Morgan fingerprint density at radius 1 is 1.33 bits per heavy atom. The summed E-state index contributed by atoms with van der Waals surface area (Å²) < 4.78 is 5.68. The fraction of sp³-hybridized carbons (Fsp3) is 0.333. The standard InChI is InChI=1S/C11H12BO.CH3.Y/c1-11(2,3)9-7-8-5-4-6-12-10(8)13-9;;/h4-6H,1-3H3;1H3;/q2*-1;. The number of hydrogen-bond acceptors (Lipinski definition) is 1. The van der Waals surface area contributed by atoms with Crippen LogP contribution >= 0.6 is 0 Å². The number of furan rings is 1. The van der Waals surface area contributed by atoms with Crippen molar-refractivity contribution >= 4 is 17.8 Å². The quantitative estimate of drug-likeness (QED) is 0.672. The van der Waals surface area contributed by atoms with E-state index in [1.165, 1.54) is 0 Å². The Labute approximate surface area is 118 Å². The Morgan fingerprint density at radius 2 is 2.00 bits per heavy atom. The van der Waals surface area contributed by atoms with E-state index in [0.29, 0.717) is 0 Å². The molecular formula is C12H15BOY-2. The monoisotopic (exact) mass is 275 g/mol. The van der Waals surface area contributed by atoms with Crippen molar-refractivity contribution in [1.82, 2.24) is 0 Å². The van der Waals surface area contributed by atoms with E-state index in [-0.39, 0.29) is 45.6 Å². The number of fused-ring (bicyclic) bond motifs is 1. The van der Waals surface area contributed by atoms with Crippen LogP contribution in [0.2, 0.25) is 0 Å². The molecule has 0 atom stereocenters. The molecule has 0 aromatic carbocycles. The fourth-order valence-corrected chi connectivity index (χ4v) is 1.26. The first-order chi connectivity index (χ1) is 6.07. The maximum absolute atomic E-state index is 5.68. The summed E-state index contributed by atoms with van der Waals surface area (Å²) in [6.07, 6.45) is 0. The van der Waals surface area contributed by atoms with Gasteiger partial charge in [-0.25, -0.2) is 0 Å².